The second-order valence-electron chi connectivity index (χ2n) is 6.39. The van der Waals surface area contributed by atoms with Crippen LogP contribution in [0, 0.1) is 0 Å². The first-order valence-corrected chi connectivity index (χ1v) is 10.8. The summed E-state index contributed by atoms with van der Waals surface area (Å²) in [6, 6.07) is 11.1. The number of hydrogen-bond donors (Lipinski definition) is 0. The van der Waals surface area contributed by atoms with Crippen molar-refractivity contribution in [2.24, 2.45) is 0 Å². The fourth-order valence-electron chi connectivity index (χ4n) is 2.74. The van der Waals surface area contributed by atoms with Crippen LogP contribution in [0.15, 0.2) is 30.3 Å². The molecule has 4 heteroatoms. The molecular weight excluding hydrogens is 315 g/mol. The summed E-state index contributed by atoms with van der Waals surface area (Å²) < 4.78 is 11.7. The van der Waals surface area contributed by atoms with Gasteiger partial charge in [-0.2, -0.15) is 0 Å². The number of rotatable bonds is 13. The van der Waals surface area contributed by atoms with Gasteiger partial charge in [-0.25, -0.2) is 9.34 Å². The van der Waals surface area contributed by atoms with E-state index >= 15 is 0 Å². The molecule has 0 saturated carbocycles. The smallest absolute Gasteiger partial charge is 0.188 e. The Hall–Kier alpha value is -0.470. The molecule has 138 valence electrons. The van der Waals surface area contributed by atoms with Gasteiger partial charge in [0.25, 0.3) is 0 Å². The normalized spacial score (nSPS) is 14.3. The van der Waals surface area contributed by atoms with Crippen molar-refractivity contribution in [1.82, 2.24) is 9.34 Å². The maximum absolute atomic E-state index is 6.55. The van der Waals surface area contributed by atoms with Crippen LogP contribution in [0.1, 0.15) is 65.9 Å². The third-order valence-corrected chi connectivity index (χ3v) is 6.44. The molecule has 2 unspecified atom stereocenters. The van der Waals surface area contributed by atoms with E-state index in [1.807, 2.05) is 0 Å². The molecule has 1 rings (SSSR count). The molecule has 0 fully saturated rings. The third kappa shape index (κ3) is 7.19. The van der Waals surface area contributed by atoms with Gasteiger partial charge >= 0.3 is 0 Å². The molecule has 2 atom stereocenters. The molecule has 0 amide bonds. The molecular formula is C20H37N2OP. The quantitative estimate of drug-likeness (QED) is 0.401. The summed E-state index contributed by atoms with van der Waals surface area (Å²) in [6.07, 6.45) is 4.69. The third-order valence-electron chi connectivity index (χ3n) is 4.17. The number of nitrogens with zero attached hydrogens (tertiary/aromatic N) is 2. The van der Waals surface area contributed by atoms with E-state index in [2.05, 4.69) is 74.3 Å². The Morgan fingerprint density at radius 1 is 0.917 bits per heavy atom. The highest BCUT2D eigenvalue weighted by Gasteiger charge is 2.29. The predicted octanol–water partition coefficient (Wildman–Crippen LogP) is 6.06. The lowest BCUT2D eigenvalue weighted by molar-refractivity contribution is 0.221. The Labute approximate surface area is 151 Å². The van der Waals surface area contributed by atoms with Crippen LogP contribution >= 0.6 is 8.45 Å². The van der Waals surface area contributed by atoms with Gasteiger partial charge < -0.3 is 4.52 Å². The zero-order chi connectivity index (χ0) is 17.8. The fourth-order valence-corrected chi connectivity index (χ4v) is 5.25. The van der Waals surface area contributed by atoms with E-state index in [9.17, 15) is 0 Å². The summed E-state index contributed by atoms with van der Waals surface area (Å²) in [5, 5.41) is 0. The molecule has 0 aliphatic carbocycles. The average Bonchev–Trinajstić information content (AvgIpc) is 2.61. The molecule has 0 aliphatic heterocycles. The Morgan fingerprint density at radius 3 is 2.00 bits per heavy atom. The van der Waals surface area contributed by atoms with Gasteiger partial charge in [0.05, 0.1) is 6.61 Å². The molecule has 0 heterocycles. The van der Waals surface area contributed by atoms with Gasteiger partial charge in [0.2, 0.25) is 0 Å². The van der Waals surface area contributed by atoms with Crippen molar-refractivity contribution in [2.45, 2.75) is 73.0 Å². The van der Waals surface area contributed by atoms with Crippen molar-refractivity contribution in [1.29, 1.82) is 0 Å². The highest BCUT2D eigenvalue weighted by atomic mass is 31.2. The highest BCUT2D eigenvalue weighted by molar-refractivity contribution is 7.47. The van der Waals surface area contributed by atoms with Crippen molar-refractivity contribution in [3.05, 3.63) is 35.9 Å². The van der Waals surface area contributed by atoms with E-state index in [0.717, 1.165) is 19.6 Å². The van der Waals surface area contributed by atoms with E-state index in [4.69, 9.17) is 4.52 Å². The van der Waals surface area contributed by atoms with Gasteiger partial charge in [-0.3, -0.25) is 0 Å². The molecule has 0 bridgehead atoms. The topological polar surface area (TPSA) is 15.7 Å². The summed E-state index contributed by atoms with van der Waals surface area (Å²) in [4.78, 5) is 0. The van der Waals surface area contributed by atoms with Gasteiger partial charge in [-0.05, 0) is 38.2 Å². The largest absolute Gasteiger partial charge is 0.326 e. The Kier molecular flexibility index (Phi) is 11.5. The second kappa shape index (κ2) is 12.8. The minimum atomic E-state index is -0.707. The summed E-state index contributed by atoms with van der Waals surface area (Å²) >= 11 is 0. The van der Waals surface area contributed by atoms with Crippen LogP contribution in [-0.4, -0.2) is 35.0 Å². The van der Waals surface area contributed by atoms with Gasteiger partial charge in [-0.15, -0.1) is 0 Å². The van der Waals surface area contributed by atoms with E-state index in [1.165, 1.54) is 31.2 Å². The van der Waals surface area contributed by atoms with Crippen molar-refractivity contribution in [3.8, 4) is 0 Å². The van der Waals surface area contributed by atoms with Crippen LogP contribution < -0.4 is 0 Å². The fraction of sp³-hybridized carbons (Fsp3) is 0.700. The highest BCUT2D eigenvalue weighted by Crippen LogP contribution is 2.48. The second-order valence-corrected chi connectivity index (χ2v) is 8.23. The molecule has 1 aromatic carbocycles. The SMILES string of the molecule is CCCN(CCC)P(OCc1ccccc1)N(CCC)C(C)CC. The molecule has 3 nitrogen and oxygen atoms in total. The molecule has 24 heavy (non-hydrogen) atoms. The lowest BCUT2D eigenvalue weighted by Crippen LogP contribution is -2.36. The first-order valence-electron chi connectivity index (χ1n) is 9.66. The van der Waals surface area contributed by atoms with Gasteiger partial charge in [-0.1, -0.05) is 58.0 Å². The van der Waals surface area contributed by atoms with Crippen molar-refractivity contribution in [2.75, 3.05) is 19.6 Å². The van der Waals surface area contributed by atoms with E-state index in [-0.39, 0.29) is 0 Å². The van der Waals surface area contributed by atoms with Crippen LogP contribution in [0.3, 0.4) is 0 Å². The van der Waals surface area contributed by atoms with Crippen molar-refractivity contribution < 1.29 is 4.52 Å². The van der Waals surface area contributed by atoms with Crippen LogP contribution in [0.25, 0.3) is 0 Å². The van der Waals surface area contributed by atoms with Gasteiger partial charge in [0, 0.05) is 25.7 Å². The zero-order valence-corrected chi connectivity index (χ0v) is 17.3. The molecule has 0 spiro atoms. The van der Waals surface area contributed by atoms with Crippen LogP contribution in [0.5, 0.6) is 0 Å². The standard InChI is InChI=1S/C20H37N2OP/c1-6-15-21(16-7-2)24(22(17-8-3)19(5)9-4)23-18-20-13-11-10-12-14-20/h10-14,19H,6-9,15-18H2,1-5H3. The summed E-state index contributed by atoms with van der Waals surface area (Å²) in [7, 11) is -0.707. The van der Waals surface area contributed by atoms with E-state index in [1.54, 1.807) is 0 Å². The molecule has 0 radical (unpaired) electrons. The van der Waals surface area contributed by atoms with Gasteiger partial charge in [0.1, 0.15) is 0 Å². The maximum atomic E-state index is 6.55. The first-order chi connectivity index (χ1) is 11.7. The molecule has 1 aromatic rings. The average molecular weight is 353 g/mol. The van der Waals surface area contributed by atoms with Crippen molar-refractivity contribution >= 4 is 8.45 Å². The first kappa shape index (κ1) is 21.6. The predicted molar refractivity (Wildman–Crippen MR) is 107 cm³/mol. The van der Waals surface area contributed by atoms with Crippen LogP contribution in [0.4, 0.5) is 0 Å². The summed E-state index contributed by atoms with van der Waals surface area (Å²) in [6.45, 7) is 15.5. The Bertz CT molecular complexity index is 409. The zero-order valence-electron chi connectivity index (χ0n) is 16.4. The summed E-state index contributed by atoms with van der Waals surface area (Å²) in [5.74, 6) is 0. The molecule has 0 N–H and O–H groups in total. The van der Waals surface area contributed by atoms with Crippen LogP contribution in [-0.2, 0) is 11.1 Å². The lowest BCUT2D eigenvalue weighted by Gasteiger charge is -2.40. The minimum absolute atomic E-state index is 0.558. The maximum Gasteiger partial charge on any atom is 0.188 e. The molecule has 0 aliphatic rings. The monoisotopic (exact) mass is 352 g/mol. The lowest BCUT2D eigenvalue weighted by atomic mass is 10.2. The number of hydrogen-bond acceptors (Lipinski definition) is 3. The van der Waals surface area contributed by atoms with Crippen molar-refractivity contribution in [3.63, 3.8) is 0 Å². The number of benzene rings is 1. The Morgan fingerprint density at radius 2 is 1.50 bits per heavy atom. The molecule has 0 aromatic heterocycles. The molecule has 0 saturated heterocycles. The Balaban J connectivity index is 2.93. The van der Waals surface area contributed by atoms with E-state index in [0.29, 0.717) is 12.6 Å². The van der Waals surface area contributed by atoms with Crippen LogP contribution in [0.2, 0.25) is 0 Å². The minimum Gasteiger partial charge on any atom is -0.326 e. The van der Waals surface area contributed by atoms with E-state index < -0.39 is 8.45 Å². The summed E-state index contributed by atoms with van der Waals surface area (Å²) in [5.41, 5.74) is 1.26. The van der Waals surface area contributed by atoms with Gasteiger partial charge in [0.15, 0.2) is 8.45 Å².